The number of hydrogen-bond donors (Lipinski definition) is 1. The van der Waals surface area contributed by atoms with Gasteiger partial charge in [0.05, 0.1) is 6.20 Å². The smallest absolute Gasteiger partial charge is 0.251 e. The summed E-state index contributed by atoms with van der Waals surface area (Å²) >= 11 is 0. The van der Waals surface area contributed by atoms with E-state index in [4.69, 9.17) is 4.74 Å². The molecule has 0 fully saturated rings. The molecule has 150 valence electrons. The first-order chi connectivity index (χ1) is 14.6. The molecule has 0 aliphatic carbocycles. The summed E-state index contributed by atoms with van der Waals surface area (Å²) in [5.41, 5.74) is 3.24. The molecule has 6 nitrogen and oxygen atoms in total. The Balaban J connectivity index is 1.41. The van der Waals surface area contributed by atoms with Gasteiger partial charge in [-0.05, 0) is 54.1 Å². The average molecular weight is 402 g/mol. The number of hydrogen-bond acceptors (Lipinski definition) is 4. The summed E-state index contributed by atoms with van der Waals surface area (Å²) in [6.07, 6.45) is 7.16. The number of carbonyl (C=O) groups excluding carboxylic acids is 1. The molecule has 2 heterocycles. The molecule has 30 heavy (non-hydrogen) atoms. The standard InChI is InChI=1S/C23H19FN4O2/c1-28-15-19(14-27-28)18-9-16(11-25-13-18)12-26-23(29)17-3-2-4-22(10-17)30-21-7-5-20(24)6-8-21/h2-11,13-15H,12H2,1H3,(H,26,29). The zero-order valence-electron chi connectivity index (χ0n) is 16.2. The predicted octanol–water partition coefficient (Wildman–Crippen LogP) is 4.34. The van der Waals surface area contributed by atoms with Crippen molar-refractivity contribution in [3.8, 4) is 22.6 Å². The second-order valence-corrected chi connectivity index (χ2v) is 6.75. The van der Waals surface area contributed by atoms with E-state index in [2.05, 4.69) is 15.4 Å². The molecule has 0 atom stereocenters. The molecule has 0 bridgehead atoms. The first-order valence-corrected chi connectivity index (χ1v) is 9.31. The van der Waals surface area contributed by atoms with Crippen molar-refractivity contribution in [1.82, 2.24) is 20.1 Å². The third-order valence-corrected chi connectivity index (χ3v) is 4.43. The molecule has 4 rings (SSSR count). The van der Waals surface area contributed by atoms with Gasteiger partial charge < -0.3 is 10.1 Å². The SMILES string of the molecule is Cn1cc(-c2cncc(CNC(=O)c3cccc(Oc4ccc(F)cc4)c3)c2)cn1. The minimum Gasteiger partial charge on any atom is -0.457 e. The Bertz CT molecular complexity index is 1170. The van der Waals surface area contributed by atoms with Crippen LogP contribution in [-0.2, 0) is 13.6 Å². The first kappa shape index (κ1) is 19.3. The molecule has 0 radical (unpaired) electrons. The summed E-state index contributed by atoms with van der Waals surface area (Å²) in [5.74, 6) is 0.422. The van der Waals surface area contributed by atoms with Gasteiger partial charge in [-0.1, -0.05) is 6.07 Å². The lowest BCUT2D eigenvalue weighted by Crippen LogP contribution is -2.22. The lowest BCUT2D eigenvalue weighted by molar-refractivity contribution is 0.0950. The van der Waals surface area contributed by atoms with Gasteiger partial charge in [-0.2, -0.15) is 5.10 Å². The highest BCUT2D eigenvalue weighted by atomic mass is 19.1. The van der Waals surface area contributed by atoms with Crippen molar-refractivity contribution in [3.63, 3.8) is 0 Å². The summed E-state index contributed by atoms with van der Waals surface area (Å²) in [6.45, 7) is 0.336. The highest BCUT2D eigenvalue weighted by Gasteiger charge is 2.09. The number of rotatable bonds is 6. The van der Waals surface area contributed by atoms with Crippen LogP contribution in [0, 0.1) is 5.82 Å². The van der Waals surface area contributed by atoms with Crippen LogP contribution in [0.1, 0.15) is 15.9 Å². The number of carbonyl (C=O) groups is 1. The molecule has 2 aromatic heterocycles. The molecule has 0 aliphatic rings. The third kappa shape index (κ3) is 4.70. The predicted molar refractivity (Wildman–Crippen MR) is 111 cm³/mol. The highest BCUT2D eigenvalue weighted by Crippen LogP contribution is 2.23. The first-order valence-electron chi connectivity index (χ1n) is 9.31. The summed E-state index contributed by atoms with van der Waals surface area (Å²) in [7, 11) is 1.86. The Labute approximate surface area is 173 Å². The van der Waals surface area contributed by atoms with Crippen molar-refractivity contribution in [2.45, 2.75) is 6.54 Å². The van der Waals surface area contributed by atoms with Gasteiger partial charge in [0.1, 0.15) is 17.3 Å². The van der Waals surface area contributed by atoms with Crippen LogP contribution in [0.3, 0.4) is 0 Å². The Morgan fingerprint density at radius 3 is 2.63 bits per heavy atom. The fraction of sp³-hybridized carbons (Fsp3) is 0.0870. The van der Waals surface area contributed by atoms with Crippen LogP contribution >= 0.6 is 0 Å². The van der Waals surface area contributed by atoms with Crippen LogP contribution in [0.15, 0.2) is 79.4 Å². The zero-order chi connectivity index (χ0) is 20.9. The molecule has 7 heteroatoms. The quantitative estimate of drug-likeness (QED) is 0.521. The van der Waals surface area contributed by atoms with Gasteiger partial charge in [0.2, 0.25) is 0 Å². The van der Waals surface area contributed by atoms with E-state index in [1.54, 1.807) is 47.5 Å². The number of ether oxygens (including phenoxy) is 1. The highest BCUT2D eigenvalue weighted by molar-refractivity contribution is 5.94. The maximum atomic E-state index is 13.0. The summed E-state index contributed by atoms with van der Waals surface area (Å²) in [4.78, 5) is 16.8. The van der Waals surface area contributed by atoms with Crippen molar-refractivity contribution < 1.29 is 13.9 Å². The second kappa shape index (κ2) is 8.57. The summed E-state index contributed by atoms with van der Waals surface area (Å²) in [5, 5.41) is 7.06. The Hall–Kier alpha value is -4.00. The number of nitrogens with one attached hydrogen (secondary N) is 1. The van der Waals surface area contributed by atoms with Crippen LogP contribution in [-0.4, -0.2) is 20.7 Å². The van der Waals surface area contributed by atoms with Crippen molar-refractivity contribution in [3.05, 3.63) is 96.3 Å². The van der Waals surface area contributed by atoms with E-state index in [1.165, 1.54) is 24.3 Å². The van der Waals surface area contributed by atoms with Crippen molar-refractivity contribution in [2.24, 2.45) is 7.05 Å². The minimum atomic E-state index is -0.336. The van der Waals surface area contributed by atoms with Gasteiger partial charge in [0, 0.05) is 48.9 Å². The molecule has 4 aromatic rings. The second-order valence-electron chi connectivity index (χ2n) is 6.75. The number of aryl methyl sites for hydroxylation is 1. The lowest BCUT2D eigenvalue weighted by atomic mass is 10.1. The molecule has 0 aliphatic heterocycles. The lowest BCUT2D eigenvalue weighted by Gasteiger charge is -2.09. The molecule has 0 saturated carbocycles. The molecule has 0 saturated heterocycles. The topological polar surface area (TPSA) is 69.0 Å². The van der Waals surface area contributed by atoms with Gasteiger partial charge in [-0.15, -0.1) is 0 Å². The van der Waals surface area contributed by atoms with Crippen LogP contribution in [0.25, 0.3) is 11.1 Å². The molecule has 1 N–H and O–H groups in total. The van der Waals surface area contributed by atoms with Gasteiger partial charge >= 0.3 is 0 Å². The molecule has 0 unspecified atom stereocenters. The van der Waals surface area contributed by atoms with Crippen molar-refractivity contribution in [2.75, 3.05) is 0 Å². The van der Waals surface area contributed by atoms with Gasteiger partial charge in [-0.3, -0.25) is 14.5 Å². The number of aromatic nitrogens is 3. The van der Waals surface area contributed by atoms with Gasteiger partial charge in [0.15, 0.2) is 0 Å². The average Bonchev–Trinajstić information content (AvgIpc) is 3.20. The fourth-order valence-corrected chi connectivity index (χ4v) is 2.94. The van der Waals surface area contributed by atoms with Gasteiger partial charge in [0.25, 0.3) is 5.91 Å². The number of amides is 1. The molecule has 2 aromatic carbocycles. The molecule has 0 spiro atoms. The number of halogens is 1. The zero-order valence-corrected chi connectivity index (χ0v) is 16.2. The van der Waals surface area contributed by atoms with E-state index in [0.29, 0.717) is 23.6 Å². The third-order valence-electron chi connectivity index (χ3n) is 4.43. The maximum Gasteiger partial charge on any atom is 0.251 e. The van der Waals surface area contributed by atoms with Gasteiger partial charge in [-0.25, -0.2) is 4.39 Å². The van der Waals surface area contributed by atoms with Crippen molar-refractivity contribution in [1.29, 1.82) is 0 Å². The van der Waals surface area contributed by atoms with Crippen molar-refractivity contribution >= 4 is 5.91 Å². The van der Waals surface area contributed by atoms with Crippen LogP contribution in [0.4, 0.5) is 4.39 Å². The van der Waals surface area contributed by atoms with E-state index in [9.17, 15) is 9.18 Å². The maximum absolute atomic E-state index is 13.0. The summed E-state index contributed by atoms with van der Waals surface area (Å²) < 4.78 is 20.4. The largest absolute Gasteiger partial charge is 0.457 e. The van der Waals surface area contributed by atoms with E-state index in [0.717, 1.165) is 16.7 Å². The van der Waals surface area contributed by atoms with Crippen LogP contribution < -0.4 is 10.1 Å². The minimum absolute atomic E-state index is 0.230. The van der Waals surface area contributed by atoms with E-state index >= 15 is 0 Å². The Kier molecular flexibility index (Phi) is 5.52. The molecular formula is C23H19FN4O2. The number of nitrogens with zero attached hydrogens (tertiary/aromatic N) is 3. The Morgan fingerprint density at radius 2 is 1.87 bits per heavy atom. The number of benzene rings is 2. The fourth-order valence-electron chi connectivity index (χ4n) is 2.94. The summed E-state index contributed by atoms with van der Waals surface area (Å²) in [6, 6.07) is 14.5. The molecule has 1 amide bonds. The van der Waals surface area contributed by atoms with E-state index in [1.807, 2.05) is 19.3 Å². The Morgan fingerprint density at radius 1 is 1.03 bits per heavy atom. The monoisotopic (exact) mass is 402 g/mol. The van der Waals surface area contributed by atoms with Crippen LogP contribution in [0.2, 0.25) is 0 Å². The normalized spacial score (nSPS) is 10.6. The van der Waals surface area contributed by atoms with Crippen LogP contribution in [0.5, 0.6) is 11.5 Å². The number of pyridine rings is 1. The molecular weight excluding hydrogens is 383 g/mol. The van der Waals surface area contributed by atoms with E-state index < -0.39 is 0 Å². The van der Waals surface area contributed by atoms with E-state index in [-0.39, 0.29) is 11.7 Å².